The number of anilines is 1. The van der Waals surface area contributed by atoms with Crippen molar-refractivity contribution in [2.24, 2.45) is 5.10 Å². The van der Waals surface area contributed by atoms with Crippen molar-refractivity contribution in [1.82, 2.24) is 10.2 Å². The predicted molar refractivity (Wildman–Crippen MR) is 77.5 cm³/mol. The topological polar surface area (TPSA) is 154 Å². The molecule has 0 saturated heterocycles. The monoisotopic (exact) mass is 325 g/mol. The van der Waals surface area contributed by atoms with E-state index in [1.807, 2.05) is 0 Å². The van der Waals surface area contributed by atoms with Crippen molar-refractivity contribution in [3.8, 4) is 11.5 Å². The Hall–Kier alpha value is -3.14. The van der Waals surface area contributed by atoms with Crippen LogP contribution in [-0.4, -0.2) is 31.5 Å². The number of aromatic amines is 1. The Labute approximate surface area is 126 Å². The third kappa shape index (κ3) is 3.12. The molecule has 10 nitrogen and oxygen atoms in total. The van der Waals surface area contributed by atoms with Gasteiger partial charge in [-0.05, 0) is 0 Å². The Morgan fingerprint density at radius 2 is 2.14 bits per heavy atom. The number of H-pyrrole nitrogens is 1. The summed E-state index contributed by atoms with van der Waals surface area (Å²) >= 11 is 5.70. The third-order valence-corrected chi connectivity index (χ3v) is 2.88. The average Bonchev–Trinajstić information content (AvgIpc) is 2.45. The van der Waals surface area contributed by atoms with Crippen molar-refractivity contribution in [2.75, 3.05) is 5.43 Å². The van der Waals surface area contributed by atoms with E-state index >= 15 is 0 Å². The number of phenolic OH excluding ortho intramolecular Hbond substituents is 2. The summed E-state index contributed by atoms with van der Waals surface area (Å²) in [5, 5.41) is 38.8. The summed E-state index contributed by atoms with van der Waals surface area (Å²) in [7, 11) is 0. The number of nitrogens with one attached hydrogen (secondary N) is 2. The molecule has 0 aliphatic carbocycles. The Kier molecular flexibility index (Phi) is 4.23. The summed E-state index contributed by atoms with van der Waals surface area (Å²) in [5.74, 6) is -1.08. The molecule has 1 aromatic carbocycles. The number of nitrogens with zero attached hydrogens (tertiary/aromatic N) is 3. The minimum absolute atomic E-state index is 0.0223. The molecule has 0 saturated carbocycles. The fourth-order valence-corrected chi connectivity index (χ4v) is 1.60. The highest BCUT2D eigenvalue weighted by molar-refractivity contribution is 6.32. The van der Waals surface area contributed by atoms with Crippen LogP contribution >= 0.6 is 11.6 Å². The number of hydrogen-bond acceptors (Lipinski definition) is 8. The molecule has 0 atom stereocenters. The van der Waals surface area contributed by atoms with E-state index in [9.17, 15) is 25.1 Å². The van der Waals surface area contributed by atoms with Crippen molar-refractivity contribution in [1.29, 1.82) is 0 Å². The van der Waals surface area contributed by atoms with Crippen LogP contribution in [0.25, 0.3) is 0 Å². The van der Waals surface area contributed by atoms with Gasteiger partial charge in [-0.25, -0.2) is 5.10 Å². The van der Waals surface area contributed by atoms with Gasteiger partial charge in [0.2, 0.25) is 0 Å². The average molecular weight is 326 g/mol. The molecule has 0 radical (unpaired) electrons. The number of nitro groups is 1. The first kappa shape index (κ1) is 15.3. The van der Waals surface area contributed by atoms with Crippen molar-refractivity contribution in [2.45, 2.75) is 0 Å². The standard InChI is InChI=1S/C11H8ClN5O5/c12-10-6(4-14-16-11(10)20)15-13-3-5-1-7(17(21)22)9(19)2-8(5)18/h1-4,18-19H,(H2,15,16,20)/b13-3+. The van der Waals surface area contributed by atoms with Gasteiger partial charge in [-0.2, -0.15) is 10.2 Å². The summed E-state index contributed by atoms with van der Waals surface area (Å²) < 4.78 is 0. The van der Waals surface area contributed by atoms with E-state index in [-0.39, 0.29) is 16.3 Å². The lowest BCUT2D eigenvalue weighted by Crippen LogP contribution is -2.10. The van der Waals surface area contributed by atoms with Crippen molar-refractivity contribution in [3.05, 3.63) is 49.4 Å². The van der Waals surface area contributed by atoms with Crippen molar-refractivity contribution in [3.63, 3.8) is 0 Å². The summed E-state index contributed by atoms with van der Waals surface area (Å²) in [6.07, 6.45) is 2.26. The minimum atomic E-state index is -0.808. The normalized spacial score (nSPS) is 10.8. The van der Waals surface area contributed by atoms with Crippen LogP contribution in [0.4, 0.5) is 11.4 Å². The summed E-state index contributed by atoms with van der Waals surface area (Å²) in [5.41, 5.74) is 1.28. The van der Waals surface area contributed by atoms with Gasteiger partial charge in [0.1, 0.15) is 16.5 Å². The Bertz CT molecular complexity index is 819. The molecule has 0 amide bonds. The van der Waals surface area contributed by atoms with Crippen molar-refractivity contribution < 1.29 is 15.1 Å². The van der Waals surface area contributed by atoms with Gasteiger partial charge in [0, 0.05) is 17.7 Å². The van der Waals surface area contributed by atoms with Crippen LogP contribution in [-0.2, 0) is 0 Å². The highest BCUT2D eigenvalue weighted by Crippen LogP contribution is 2.32. The SMILES string of the molecule is O=c1[nH]ncc(N/N=C/c2cc([N+](=O)[O-])c(O)cc2O)c1Cl. The molecule has 1 aromatic heterocycles. The maximum atomic E-state index is 11.2. The molecule has 2 rings (SSSR count). The smallest absolute Gasteiger partial charge is 0.311 e. The second kappa shape index (κ2) is 6.10. The largest absolute Gasteiger partial charge is 0.507 e. The number of phenols is 2. The van der Waals surface area contributed by atoms with Gasteiger partial charge in [0.15, 0.2) is 5.75 Å². The van der Waals surface area contributed by atoms with E-state index in [4.69, 9.17) is 11.6 Å². The van der Waals surface area contributed by atoms with Crippen LogP contribution in [0.2, 0.25) is 5.02 Å². The predicted octanol–water partition coefficient (Wildman–Crippen LogP) is 1.19. The highest BCUT2D eigenvalue weighted by atomic mass is 35.5. The molecular formula is C11H8ClN5O5. The lowest BCUT2D eigenvalue weighted by molar-refractivity contribution is -0.385. The first-order valence-electron chi connectivity index (χ1n) is 5.62. The molecule has 0 spiro atoms. The number of aromatic hydroxyl groups is 2. The van der Waals surface area contributed by atoms with E-state index in [2.05, 4.69) is 20.7 Å². The number of aromatic nitrogens is 2. The molecule has 11 heteroatoms. The van der Waals surface area contributed by atoms with E-state index in [0.29, 0.717) is 0 Å². The van der Waals surface area contributed by atoms with Crippen LogP contribution in [0.15, 0.2) is 28.2 Å². The van der Waals surface area contributed by atoms with E-state index in [1.165, 1.54) is 6.20 Å². The number of halogens is 1. The van der Waals surface area contributed by atoms with E-state index in [0.717, 1.165) is 18.3 Å². The maximum absolute atomic E-state index is 11.2. The lowest BCUT2D eigenvalue weighted by Gasteiger charge is -2.03. The molecule has 0 aliphatic rings. The molecule has 0 unspecified atom stereocenters. The van der Waals surface area contributed by atoms with Crippen molar-refractivity contribution >= 4 is 29.2 Å². The molecule has 1 heterocycles. The van der Waals surface area contributed by atoms with Gasteiger partial charge in [-0.15, -0.1) is 0 Å². The Morgan fingerprint density at radius 1 is 1.41 bits per heavy atom. The highest BCUT2D eigenvalue weighted by Gasteiger charge is 2.16. The summed E-state index contributed by atoms with van der Waals surface area (Å²) in [6, 6.07) is 1.76. The van der Waals surface area contributed by atoms with Crippen LogP contribution in [0.3, 0.4) is 0 Å². The minimum Gasteiger partial charge on any atom is -0.507 e. The maximum Gasteiger partial charge on any atom is 0.311 e. The van der Waals surface area contributed by atoms with Crippen LogP contribution in [0.1, 0.15) is 5.56 Å². The first-order valence-corrected chi connectivity index (χ1v) is 6.00. The van der Waals surface area contributed by atoms with Gasteiger partial charge in [0.05, 0.1) is 17.3 Å². The summed E-state index contributed by atoms with van der Waals surface area (Å²) in [6.45, 7) is 0. The molecule has 0 fully saturated rings. The van der Waals surface area contributed by atoms with Crippen LogP contribution in [0, 0.1) is 10.1 Å². The molecule has 0 aliphatic heterocycles. The zero-order valence-electron chi connectivity index (χ0n) is 10.6. The molecular weight excluding hydrogens is 318 g/mol. The van der Waals surface area contributed by atoms with E-state index < -0.39 is 27.7 Å². The van der Waals surface area contributed by atoms with Crippen LogP contribution in [0.5, 0.6) is 11.5 Å². The number of benzene rings is 1. The molecule has 114 valence electrons. The Balaban J connectivity index is 2.27. The second-order valence-electron chi connectivity index (χ2n) is 3.95. The number of rotatable bonds is 4. The van der Waals surface area contributed by atoms with Crippen LogP contribution < -0.4 is 11.0 Å². The summed E-state index contributed by atoms with van der Waals surface area (Å²) in [4.78, 5) is 21.1. The Morgan fingerprint density at radius 3 is 2.82 bits per heavy atom. The fourth-order valence-electron chi connectivity index (χ4n) is 1.46. The fraction of sp³-hybridized carbons (Fsp3) is 0. The number of hydrazone groups is 1. The third-order valence-electron chi connectivity index (χ3n) is 2.50. The van der Waals surface area contributed by atoms with Gasteiger partial charge in [-0.3, -0.25) is 20.3 Å². The zero-order valence-corrected chi connectivity index (χ0v) is 11.4. The number of nitro benzene ring substituents is 1. The molecule has 22 heavy (non-hydrogen) atoms. The molecule has 2 aromatic rings. The zero-order chi connectivity index (χ0) is 16.3. The second-order valence-corrected chi connectivity index (χ2v) is 4.33. The van der Waals surface area contributed by atoms with Gasteiger partial charge >= 0.3 is 5.69 Å². The first-order chi connectivity index (χ1) is 10.4. The molecule has 0 bridgehead atoms. The van der Waals surface area contributed by atoms with Gasteiger partial charge in [0.25, 0.3) is 5.56 Å². The lowest BCUT2D eigenvalue weighted by atomic mass is 10.2. The van der Waals surface area contributed by atoms with E-state index in [1.54, 1.807) is 0 Å². The van der Waals surface area contributed by atoms with Gasteiger partial charge in [-0.1, -0.05) is 11.6 Å². The quantitative estimate of drug-likeness (QED) is 0.374. The molecule has 4 N–H and O–H groups in total. The number of hydrogen-bond donors (Lipinski definition) is 4. The van der Waals surface area contributed by atoms with Gasteiger partial charge < -0.3 is 10.2 Å².